The molecule has 10 heteroatoms. The third-order valence-electron chi connectivity index (χ3n) is 3.34. The maximum absolute atomic E-state index is 12.4. The van der Waals surface area contributed by atoms with E-state index in [1.807, 2.05) is 0 Å². The van der Waals surface area contributed by atoms with Crippen LogP contribution in [-0.2, 0) is 10.0 Å². The van der Waals surface area contributed by atoms with Gasteiger partial charge in [-0.3, -0.25) is 0 Å². The van der Waals surface area contributed by atoms with Gasteiger partial charge in [0, 0.05) is 13.1 Å². The van der Waals surface area contributed by atoms with Crippen LogP contribution in [0.25, 0.3) is 0 Å². The van der Waals surface area contributed by atoms with Crippen LogP contribution in [0.1, 0.15) is 6.42 Å². The predicted molar refractivity (Wildman–Crippen MR) is 81.3 cm³/mol. The monoisotopic (exact) mass is 376 g/mol. The van der Waals surface area contributed by atoms with Crippen molar-refractivity contribution in [3.05, 3.63) is 23.2 Å². The molecule has 1 heterocycles. The maximum Gasteiger partial charge on any atom is 0.387 e. The van der Waals surface area contributed by atoms with Crippen molar-refractivity contribution in [2.45, 2.75) is 17.9 Å². The van der Waals surface area contributed by atoms with Gasteiger partial charge in [0.1, 0.15) is 5.75 Å². The van der Waals surface area contributed by atoms with E-state index in [2.05, 4.69) is 4.74 Å². The molecule has 1 saturated heterocycles. The number of hydrogen-bond acceptors (Lipinski definition) is 4. The Morgan fingerprint density at radius 3 is 2.64 bits per heavy atom. The van der Waals surface area contributed by atoms with E-state index < -0.39 is 16.6 Å². The van der Waals surface area contributed by atoms with E-state index in [-0.39, 0.29) is 34.0 Å². The summed E-state index contributed by atoms with van der Waals surface area (Å²) in [4.78, 5) is -0.0493. The SMILES string of the molecule is Cl.NCC1CCN(S(=O)(=O)c2ccc(OC(F)F)c(Cl)c2)C1. The molecule has 1 aliphatic rings. The number of alkyl halides is 2. The summed E-state index contributed by atoms with van der Waals surface area (Å²) in [6.07, 6.45) is 0.704. The fourth-order valence-corrected chi connectivity index (χ4v) is 4.04. The second kappa shape index (κ2) is 7.74. The molecule has 2 rings (SSSR count). The van der Waals surface area contributed by atoms with Crippen LogP contribution in [0.5, 0.6) is 5.75 Å². The number of halogens is 4. The lowest BCUT2D eigenvalue weighted by Crippen LogP contribution is -2.30. The Morgan fingerprint density at radius 1 is 1.45 bits per heavy atom. The molecule has 1 unspecified atom stereocenters. The zero-order chi connectivity index (χ0) is 15.6. The third kappa shape index (κ3) is 4.20. The number of rotatable bonds is 5. The highest BCUT2D eigenvalue weighted by Gasteiger charge is 2.32. The molecule has 0 saturated carbocycles. The second-order valence-corrected chi connectivity index (χ2v) is 7.07. The van der Waals surface area contributed by atoms with Gasteiger partial charge in [0.15, 0.2) is 0 Å². The van der Waals surface area contributed by atoms with E-state index in [4.69, 9.17) is 17.3 Å². The van der Waals surface area contributed by atoms with Crippen molar-refractivity contribution in [3.8, 4) is 5.75 Å². The Labute approximate surface area is 138 Å². The molecule has 2 N–H and O–H groups in total. The van der Waals surface area contributed by atoms with Gasteiger partial charge in [0.2, 0.25) is 10.0 Å². The first kappa shape index (κ1) is 19.4. The van der Waals surface area contributed by atoms with Gasteiger partial charge < -0.3 is 10.5 Å². The van der Waals surface area contributed by atoms with Crippen molar-refractivity contribution in [2.75, 3.05) is 19.6 Å². The summed E-state index contributed by atoms with van der Waals surface area (Å²) >= 11 is 5.78. The largest absolute Gasteiger partial charge is 0.433 e. The van der Waals surface area contributed by atoms with E-state index in [0.717, 1.165) is 12.1 Å². The van der Waals surface area contributed by atoms with Gasteiger partial charge >= 0.3 is 6.61 Å². The average molecular weight is 377 g/mol. The predicted octanol–water partition coefficient (Wildman–Crippen LogP) is 2.33. The fourth-order valence-electron chi connectivity index (χ4n) is 2.19. The Kier molecular flexibility index (Phi) is 6.82. The van der Waals surface area contributed by atoms with Crippen LogP contribution in [-0.4, -0.2) is 39.0 Å². The molecule has 1 fully saturated rings. The minimum Gasteiger partial charge on any atom is -0.433 e. The van der Waals surface area contributed by atoms with Crippen LogP contribution in [0.4, 0.5) is 8.78 Å². The van der Waals surface area contributed by atoms with E-state index in [9.17, 15) is 17.2 Å². The van der Waals surface area contributed by atoms with Gasteiger partial charge in [-0.15, -0.1) is 12.4 Å². The molecule has 126 valence electrons. The zero-order valence-corrected chi connectivity index (χ0v) is 13.8. The first-order chi connectivity index (χ1) is 9.84. The molecule has 0 spiro atoms. The van der Waals surface area contributed by atoms with Crippen LogP contribution in [0.2, 0.25) is 5.02 Å². The quantitative estimate of drug-likeness (QED) is 0.855. The third-order valence-corrected chi connectivity index (χ3v) is 5.50. The van der Waals surface area contributed by atoms with Gasteiger partial charge in [-0.05, 0) is 37.1 Å². The molecule has 1 aliphatic heterocycles. The lowest BCUT2D eigenvalue weighted by atomic mass is 10.1. The molecular weight excluding hydrogens is 361 g/mol. The van der Waals surface area contributed by atoms with Gasteiger partial charge in [0.05, 0.1) is 9.92 Å². The summed E-state index contributed by atoms with van der Waals surface area (Å²) in [5.74, 6) is -0.122. The maximum atomic E-state index is 12.4. The minimum atomic E-state index is -3.70. The Morgan fingerprint density at radius 2 is 2.14 bits per heavy atom. The molecule has 1 atom stereocenters. The summed E-state index contributed by atoms with van der Waals surface area (Å²) in [5.41, 5.74) is 5.54. The van der Waals surface area contributed by atoms with Crippen LogP contribution >= 0.6 is 24.0 Å². The summed E-state index contributed by atoms with van der Waals surface area (Å²) in [7, 11) is -3.70. The summed E-state index contributed by atoms with van der Waals surface area (Å²) < 4.78 is 54.6. The normalized spacial score (nSPS) is 19.2. The topological polar surface area (TPSA) is 72.6 Å². The molecule has 0 aliphatic carbocycles. The molecule has 0 radical (unpaired) electrons. The van der Waals surface area contributed by atoms with Gasteiger partial charge in [-0.25, -0.2) is 8.42 Å². The van der Waals surface area contributed by atoms with Crippen LogP contribution in [0.3, 0.4) is 0 Å². The van der Waals surface area contributed by atoms with Gasteiger partial charge in [-0.1, -0.05) is 11.6 Å². The average Bonchev–Trinajstić information content (AvgIpc) is 2.90. The summed E-state index contributed by atoms with van der Waals surface area (Å²) in [6.45, 7) is -1.86. The summed E-state index contributed by atoms with van der Waals surface area (Å²) in [6, 6.07) is 3.44. The van der Waals surface area contributed by atoms with Crippen LogP contribution < -0.4 is 10.5 Å². The van der Waals surface area contributed by atoms with Gasteiger partial charge in [0.25, 0.3) is 0 Å². The molecule has 0 amide bonds. The Bertz CT molecular complexity index is 616. The molecule has 1 aromatic rings. The number of hydrogen-bond donors (Lipinski definition) is 1. The zero-order valence-electron chi connectivity index (χ0n) is 11.4. The van der Waals surface area contributed by atoms with Crippen molar-refractivity contribution < 1.29 is 21.9 Å². The van der Waals surface area contributed by atoms with E-state index in [1.165, 1.54) is 10.4 Å². The highest BCUT2D eigenvalue weighted by atomic mass is 35.5. The number of sulfonamides is 1. The molecule has 0 bridgehead atoms. The number of ether oxygens (including phenoxy) is 1. The van der Waals surface area contributed by atoms with Crippen molar-refractivity contribution in [2.24, 2.45) is 11.7 Å². The van der Waals surface area contributed by atoms with Gasteiger partial charge in [-0.2, -0.15) is 13.1 Å². The van der Waals surface area contributed by atoms with E-state index in [0.29, 0.717) is 26.1 Å². The van der Waals surface area contributed by atoms with Crippen LogP contribution in [0.15, 0.2) is 23.1 Å². The van der Waals surface area contributed by atoms with E-state index >= 15 is 0 Å². The Hall–Kier alpha value is -0.670. The first-order valence-corrected chi connectivity index (χ1v) is 8.11. The standard InChI is InChI=1S/C12H15ClF2N2O3S.ClH/c13-10-5-9(1-2-11(10)20-12(14)15)21(18,19)17-4-3-8(6-16)7-17;/h1-2,5,8,12H,3-4,6-7,16H2;1H. The second-order valence-electron chi connectivity index (χ2n) is 4.72. The highest BCUT2D eigenvalue weighted by molar-refractivity contribution is 7.89. The highest BCUT2D eigenvalue weighted by Crippen LogP contribution is 2.31. The molecule has 0 aromatic heterocycles. The lowest BCUT2D eigenvalue weighted by molar-refractivity contribution is -0.0498. The van der Waals surface area contributed by atoms with Crippen molar-refractivity contribution in [1.82, 2.24) is 4.31 Å². The Balaban J connectivity index is 0.00000242. The first-order valence-electron chi connectivity index (χ1n) is 6.29. The molecular formula is C12H16Cl2F2N2O3S. The van der Waals surface area contributed by atoms with Crippen molar-refractivity contribution in [3.63, 3.8) is 0 Å². The number of nitrogens with two attached hydrogens (primary N) is 1. The fraction of sp³-hybridized carbons (Fsp3) is 0.500. The van der Waals surface area contributed by atoms with Crippen molar-refractivity contribution >= 4 is 34.0 Å². The minimum absolute atomic E-state index is 0. The number of benzene rings is 1. The van der Waals surface area contributed by atoms with Crippen LogP contribution in [0, 0.1) is 5.92 Å². The molecule has 22 heavy (non-hydrogen) atoms. The molecule has 5 nitrogen and oxygen atoms in total. The number of nitrogens with zero attached hydrogens (tertiary/aromatic N) is 1. The molecule has 1 aromatic carbocycles. The smallest absolute Gasteiger partial charge is 0.387 e. The lowest BCUT2D eigenvalue weighted by Gasteiger charge is -2.17. The summed E-state index contributed by atoms with van der Waals surface area (Å²) in [5, 5.41) is -0.175. The van der Waals surface area contributed by atoms with Crippen molar-refractivity contribution in [1.29, 1.82) is 0 Å². The van der Waals surface area contributed by atoms with E-state index in [1.54, 1.807) is 0 Å².